The molecule has 0 aliphatic rings. The van der Waals surface area contributed by atoms with Crippen LogP contribution in [-0.4, -0.2) is 32.5 Å². The Hall–Kier alpha value is -2.42. The molecule has 0 spiro atoms. The summed E-state index contributed by atoms with van der Waals surface area (Å²) in [4.78, 5) is 11.6. The van der Waals surface area contributed by atoms with Gasteiger partial charge < -0.3 is 19.5 Å². The Morgan fingerprint density at radius 2 is 1.86 bits per heavy atom. The van der Waals surface area contributed by atoms with Crippen LogP contribution in [0.1, 0.15) is 31.9 Å². The molecule has 0 aliphatic heterocycles. The summed E-state index contributed by atoms with van der Waals surface area (Å²) >= 11 is 0. The standard InChI is InChI=1S/C16H22N2O4/c1-16(2,3)22-15(19)18-7-6-11-8-14(21-5)12(10-17)9-13(11)20-4/h8-9H,6-7H2,1-5H3,(H,18,19). The number of hydrogen-bond donors (Lipinski definition) is 1. The molecule has 6 nitrogen and oxygen atoms in total. The summed E-state index contributed by atoms with van der Waals surface area (Å²) in [5.41, 5.74) is 0.719. The molecule has 1 aromatic carbocycles. The fourth-order valence-corrected chi connectivity index (χ4v) is 1.86. The van der Waals surface area contributed by atoms with Gasteiger partial charge >= 0.3 is 6.09 Å². The first kappa shape index (κ1) is 17.6. The van der Waals surface area contributed by atoms with E-state index in [-0.39, 0.29) is 0 Å². The third-order valence-corrected chi connectivity index (χ3v) is 2.79. The highest BCUT2D eigenvalue weighted by Crippen LogP contribution is 2.28. The van der Waals surface area contributed by atoms with Crippen LogP contribution in [0.3, 0.4) is 0 Å². The minimum Gasteiger partial charge on any atom is -0.496 e. The second kappa shape index (κ2) is 7.55. The maximum atomic E-state index is 11.6. The largest absolute Gasteiger partial charge is 0.496 e. The van der Waals surface area contributed by atoms with Gasteiger partial charge in [-0.2, -0.15) is 5.26 Å². The summed E-state index contributed by atoms with van der Waals surface area (Å²) in [7, 11) is 3.04. The molecular weight excluding hydrogens is 284 g/mol. The number of rotatable bonds is 5. The van der Waals surface area contributed by atoms with E-state index in [9.17, 15) is 4.79 Å². The van der Waals surface area contributed by atoms with Crippen LogP contribution in [0.4, 0.5) is 4.79 Å². The summed E-state index contributed by atoms with van der Waals surface area (Å²) in [6, 6.07) is 5.42. The second-order valence-electron chi connectivity index (χ2n) is 5.65. The number of nitriles is 1. The first-order valence-electron chi connectivity index (χ1n) is 6.92. The first-order chi connectivity index (χ1) is 10.3. The van der Waals surface area contributed by atoms with E-state index in [2.05, 4.69) is 11.4 Å². The quantitative estimate of drug-likeness (QED) is 0.904. The molecule has 0 aromatic heterocycles. The zero-order valence-corrected chi connectivity index (χ0v) is 13.6. The Morgan fingerprint density at radius 3 is 2.36 bits per heavy atom. The molecule has 0 aliphatic carbocycles. The highest BCUT2D eigenvalue weighted by atomic mass is 16.6. The summed E-state index contributed by atoms with van der Waals surface area (Å²) in [5.74, 6) is 1.07. The van der Waals surface area contributed by atoms with Crippen molar-refractivity contribution in [2.75, 3.05) is 20.8 Å². The smallest absolute Gasteiger partial charge is 0.407 e. The predicted molar refractivity (Wildman–Crippen MR) is 82.2 cm³/mol. The van der Waals surface area contributed by atoms with Gasteiger partial charge in [0, 0.05) is 12.6 Å². The Labute approximate surface area is 131 Å². The molecular formula is C16H22N2O4. The number of amides is 1. The molecule has 0 radical (unpaired) electrons. The van der Waals surface area contributed by atoms with Crippen molar-refractivity contribution in [1.29, 1.82) is 5.26 Å². The van der Waals surface area contributed by atoms with Gasteiger partial charge in [0.05, 0.1) is 19.8 Å². The van der Waals surface area contributed by atoms with Crippen LogP contribution >= 0.6 is 0 Å². The van der Waals surface area contributed by atoms with Crippen LogP contribution < -0.4 is 14.8 Å². The van der Waals surface area contributed by atoms with E-state index in [0.29, 0.717) is 30.0 Å². The zero-order valence-electron chi connectivity index (χ0n) is 13.6. The maximum absolute atomic E-state index is 11.6. The number of ether oxygens (including phenoxy) is 3. The fourth-order valence-electron chi connectivity index (χ4n) is 1.86. The lowest BCUT2D eigenvalue weighted by atomic mass is 10.1. The lowest BCUT2D eigenvalue weighted by Crippen LogP contribution is -2.33. The number of benzene rings is 1. The number of alkyl carbamates (subject to hydrolysis) is 1. The molecule has 0 bridgehead atoms. The molecule has 0 saturated heterocycles. The van der Waals surface area contributed by atoms with E-state index in [4.69, 9.17) is 19.5 Å². The van der Waals surface area contributed by atoms with E-state index >= 15 is 0 Å². The third-order valence-electron chi connectivity index (χ3n) is 2.79. The van der Waals surface area contributed by atoms with Crippen LogP contribution in [0.15, 0.2) is 12.1 Å². The van der Waals surface area contributed by atoms with Crippen molar-refractivity contribution in [3.8, 4) is 17.6 Å². The summed E-state index contributed by atoms with van der Waals surface area (Å²) < 4.78 is 15.6. The van der Waals surface area contributed by atoms with Gasteiger partial charge in [-0.15, -0.1) is 0 Å². The van der Waals surface area contributed by atoms with E-state index in [0.717, 1.165) is 5.56 Å². The van der Waals surface area contributed by atoms with E-state index < -0.39 is 11.7 Å². The van der Waals surface area contributed by atoms with Crippen LogP contribution in [0.2, 0.25) is 0 Å². The molecule has 0 atom stereocenters. The van der Waals surface area contributed by atoms with Gasteiger partial charge in [0.2, 0.25) is 0 Å². The molecule has 1 rings (SSSR count). The van der Waals surface area contributed by atoms with Crippen molar-refractivity contribution in [2.45, 2.75) is 32.8 Å². The molecule has 22 heavy (non-hydrogen) atoms. The number of carbonyl (C=O) groups is 1. The zero-order chi connectivity index (χ0) is 16.8. The summed E-state index contributed by atoms with van der Waals surface area (Å²) in [5, 5.41) is 11.7. The molecule has 0 fully saturated rings. The Balaban J connectivity index is 2.73. The van der Waals surface area contributed by atoms with Crippen LogP contribution in [0.25, 0.3) is 0 Å². The van der Waals surface area contributed by atoms with Crippen LogP contribution in [0.5, 0.6) is 11.5 Å². The molecule has 1 N–H and O–H groups in total. The Morgan fingerprint density at radius 1 is 1.23 bits per heavy atom. The summed E-state index contributed by atoms with van der Waals surface area (Å²) in [6.45, 7) is 5.81. The molecule has 0 unspecified atom stereocenters. The topological polar surface area (TPSA) is 80.6 Å². The number of methoxy groups -OCH3 is 2. The second-order valence-corrected chi connectivity index (χ2v) is 5.65. The maximum Gasteiger partial charge on any atom is 0.407 e. The minimum atomic E-state index is -0.528. The van der Waals surface area contributed by atoms with Crippen LogP contribution in [-0.2, 0) is 11.2 Å². The summed E-state index contributed by atoms with van der Waals surface area (Å²) in [6.07, 6.45) is 0.0666. The van der Waals surface area contributed by atoms with E-state index in [1.54, 1.807) is 32.9 Å². The average molecular weight is 306 g/mol. The van der Waals surface area contributed by atoms with Gasteiger partial charge in [-0.1, -0.05) is 0 Å². The van der Waals surface area contributed by atoms with Crippen molar-refractivity contribution in [2.24, 2.45) is 0 Å². The van der Waals surface area contributed by atoms with Crippen molar-refractivity contribution in [1.82, 2.24) is 5.32 Å². The third kappa shape index (κ3) is 5.17. The first-order valence-corrected chi connectivity index (χ1v) is 6.92. The highest BCUT2D eigenvalue weighted by molar-refractivity contribution is 5.67. The van der Waals surface area contributed by atoms with E-state index in [1.807, 2.05) is 0 Å². The number of hydrogen-bond acceptors (Lipinski definition) is 5. The molecule has 0 heterocycles. The predicted octanol–water partition coefficient (Wildman–Crippen LogP) is 2.64. The normalized spacial score (nSPS) is 10.5. The lowest BCUT2D eigenvalue weighted by Gasteiger charge is -2.19. The molecule has 1 amide bonds. The van der Waals surface area contributed by atoms with Crippen molar-refractivity contribution < 1.29 is 19.0 Å². The van der Waals surface area contributed by atoms with Gasteiger partial charge in [0.25, 0.3) is 0 Å². The van der Waals surface area contributed by atoms with Gasteiger partial charge in [-0.3, -0.25) is 0 Å². The number of nitrogens with zero attached hydrogens (tertiary/aromatic N) is 1. The lowest BCUT2D eigenvalue weighted by molar-refractivity contribution is 0.0528. The van der Waals surface area contributed by atoms with E-state index in [1.165, 1.54) is 14.2 Å². The molecule has 1 aromatic rings. The average Bonchev–Trinajstić information content (AvgIpc) is 2.44. The molecule has 0 saturated carbocycles. The van der Waals surface area contributed by atoms with Crippen molar-refractivity contribution >= 4 is 6.09 Å². The highest BCUT2D eigenvalue weighted by Gasteiger charge is 2.16. The van der Waals surface area contributed by atoms with Crippen molar-refractivity contribution in [3.63, 3.8) is 0 Å². The molecule has 6 heteroatoms. The van der Waals surface area contributed by atoms with Gasteiger partial charge in [-0.25, -0.2) is 4.79 Å². The van der Waals surface area contributed by atoms with Gasteiger partial charge in [0.1, 0.15) is 23.2 Å². The fraction of sp³-hybridized carbons (Fsp3) is 0.500. The van der Waals surface area contributed by atoms with Crippen molar-refractivity contribution in [3.05, 3.63) is 23.3 Å². The molecule has 120 valence electrons. The van der Waals surface area contributed by atoms with Gasteiger partial charge in [-0.05, 0) is 38.8 Å². The monoisotopic (exact) mass is 306 g/mol. The van der Waals surface area contributed by atoms with Gasteiger partial charge in [0.15, 0.2) is 0 Å². The van der Waals surface area contributed by atoms with Crippen LogP contribution in [0, 0.1) is 11.3 Å². The SMILES string of the molecule is COc1cc(CCNC(=O)OC(C)(C)C)c(OC)cc1C#N. The Bertz CT molecular complexity index is 571. The number of carbonyl (C=O) groups excluding carboxylic acids is 1. The minimum absolute atomic E-state index is 0.389. The Kier molecular flexibility index (Phi) is 6.05. The number of nitrogens with one attached hydrogen (secondary N) is 1.